The number of methoxy groups -OCH3 is 1. The van der Waals surface area contributed by atoms with Gasteiger partial charge >= 0.3 is 0 Å². The van der Waals surface area contributed by atoms with Gasteiger partial charge in [-0.2, -0.15) is 0 Å². The molecule has 3 rings (SSSR count). The van der Waals surface area contributed by atoms with Crippen LogP contribution in [0.5, 0.6) is 11.5 Å². The van der Waals surface area contributed by atoms with Crippen LogP contribution in [0.1, 0.15) is 11.1 Å². The van der Waals surface area contributed by atoms with Crippen molar-refractivity contribution < 1.29 is 19.1 Å². The van der Waals surface area contributed by atoms with E-state index in [1.165, 1.54) is 7.11 Å². The van der Waals surface area contributed by atoms with Crippen LogP contribution in [0.25, 0.3) is 11.6 Å². The molecule has 0 aromatic heterocycles. The molecule has 2 aromatic rings. The van der Waals surface area contributed by atoms with Gasteiger partial charge in [-0.3, -0.25) is 9.59 Å². The second-order valence-corrected chi connectivity index (χ2v) is 5.43. The van der Waals surface area contributed by atoms with E-state index in [0.29, 0.717) is 17.1 Å². The summed E-state index contributed by atoms with van der Waals surface area (Å²) in [5.41, 5.74) is 3.06. The van der Waals surface area contributed by atoms with E-state index < -0.39 is 0 Å². The van der Waals surface area contributed by atoms with Crippen LogP contribution in [0, 0.1) is 0 Å². The Kier molecular flexibility index (Phi) is 4.70. The smallest absolute Gasteiger partial charge is 0.257 e. The standard InChI is InChI=1S/C19H18N2O4/c1-20-18(22)11-25-16-8-7-12(10-17(16)24-2)9-14-13-5-3-4-6-15(13)21-19(14)23/h3-10H,11H2,1-2H3,(H,20,22)(H,21,23)/b14-9+. The SMILES string of the molecule is CNC(=O)COc1ccc(/C=C2/C(=O)Nc3ccccc32)cc1OC. The molecule has 2 amide bonds. The molecule has 0 aliphatic carbocycles. The van der Waals surface area contributed by atoms with Crippen LogP contribution < -0.4 is 20.1 Å². The van der Waals surface area contributed by atoms with Crippen molar-refractivity contribution >= 4 is 29.2 Å². The molecule has 0 bridgehead atoms. The number of amides is 2. The summed E-state index contributed by atoms with van der Waals surface area (Å²) in [5, 5.41) is 5.33. The van der Waals surface area contributed by atoms with Crippen molar-refractivity contribution in [2.45, 2.75) is 0 Å². The highest BCUT2D eigenvalue weighted by molar-refractivity contribution is 6.34. The lowest BCUT2D eigenvalue weighted by atomic mass is 10.0. The molecule has 0 radical (unpaired) electrons. The highest BCUT2D eigenvalue weighted by Gasteiger charge is 2.23. The molecule has 0 saturated heterocycles. The lowest BCUT2D eigenvalue weighted by molar-refractivity contribution is -0.122. The molecule has 1 aliphatic rings. The summed E-state index contributed by atoms with van der Waals surface area (Å²) in [5.74, 6) is 0.585. The van der Waals surface area contributed by atoms with Gasteiger partial charge in [-0.25, -0.2) is 0 Å². The van der Waals surface area contributed by atoms with Crippen LogP contribution >= 0.6 is 0 Å². The van der Waals surface area contributed by atoms with Crippen LogP contribution in [0.4, 0.5) is 5.69 Å². The maximum Gasteiger partial charge on any atom is 0.257 e. The monoisotopic (exact) mass is 338 g/mol. The highest BCUT2D eigenvalue weighted by Crippen LogP contribution is 2.34. The zero-order chi connectivity index (χ0) is 17.8. The summed E-state index contributed by atoms with van der Waals surface area (Å²) in [4.78, 5) is 23.5. The van der Waals surface area contributed by atoms with Gasteiger partial charge in [0, 0.05) is 23.9 Å². The Bertz CT molecular complexity index is 858. The minimum Gasteiger partial charge on any atom is -0.493 e. The van der Waals surface area contributed by atoms with E-state index in [1.54, 1.807) is 25.3 Å². The van der Waals surface area contributed by atoms with Crippen molar-refractivity contribution in [1.82, 2.24) is 5.32 Å². The van der Waals surface area contributed by atoms with Gasteiger partial charge in [0.25, 0.3) is 11.8 Å². The maximum atomic E-state index is 12.2. The van der Waals surface area contributed by atoms with Crippen molar-refractivity contribution in [3.8, 4) is 11.5 Å². The molecule has 1 aliphatic heterocycles. The molecular weight excluding hydrogens is 320 g/mol. The lowest BCUT2D eigenvalue weighted by Gasteiger charge is -2.11. The molecule has 0 spiro atoms. The normalized spacial score (nSPS) is 14.0. The van der Waals surface area contributed by atoms with E-state index in [-0.39, 0.29) is 18.4 Å². The average molecular weight is 338 g/mol. The fourth-order valence-electron chi connectivity index (χ4n) is 2.56. The summed E-state index contributed by atoms with van der Waals surface area (Å²) < 4.78 is 10.8. The molecule has 2 aromatic carbocycles. The number of nitrogens with one attached hydrogen (secondary N) is 2. The summed E-state index contributed by atoms with van der Waals surface area (Å²) in [6.07, 6.45) is 1.80. The number of carbonyl (C=O) groups excluding carboxylic acids is 2. The van der Waals surface area contributed by atoms with Crippen LogP contribution in [-0.4, -0.2) is 32.6 Å². The lowest BCUT2D eigenvalue weighted by Crippen LogP contribution is -2.24. The number of likely N-dealkylation sites (N-methyl/N-ethyl adjacent to an activating group) is 1. The molecule has 2 N–H and O–H groups in total. The Labute approximate surface area is 145 Å². The number of carbonyl (C=O) groups is 2. The third-order valence-electron chi connectivity index (χ3n) is 3.85. The van der Waals surface area contributed by atoms with Crippen molar-refractivity contribution in [3.05, 3.63) is 53.6 Å². The number of hydrogen-bond donors (Lipinski definition) is 2. The van der Waals surface area contributed by atoms with E-state index in [2.05, 4.69) is 10.6 Å². The van der Waals surface area contributed by atoms with Gasteiger partial charge in [0.2, 0.25) is 0 Å². The van der Waals surface area contributed by atoms with Crippen molar-refractivity contribution in [3.63, 3.8) is 0 Å². The first-order valence-corrected chi connectivity index (χ1v) is 7.76. The third-order valence-corrected chi connectivity index (χ3v) is 3.85. The Hall–Kier alpha value is -3.28. The topological polar surface area (TPSA) is 76.7 Å². The Balaban J connectivity index is 1.89. The summed E-state index contributed by atoms with van der Waals surface area (Å²) in [6, 6.07) is 12.8. The van der Waals surface area contributed by atoms with Crippen molar-refractivity contribution in [2.75, 3.05) is 26.1 Å². The molecule has 6 heteroatoms. The van der Waals surface area contributed by atoms with E-state index in [1.807, 2.05) is 30.3 Å². The number of hydrogen-bond acceptors (Lipinski definition) is 4. The van der Waals surface area contributed by atoms with Crippen LogP contribution in [-0.2, 0) is 9.59 Å². The molecular formula is C19H18N2O4. The number of rotatable bonds is 5. The van der Waals surface area contributed by atoms with E-state index >= 15 is 0 Å². The summed E-state index contributed by atoms with van der Waals surface area (Å²) in [7, 11) is 3.07. The maximum absolute atomic E-state index is 12.2. The second-order valence-electron chi connectivity index (χ2n) is 5.43. The number of anilines is 1. The van der Waals surface area contributed by atoms with E-state index in [9.17, 15) is 9.59 Å². The largest absolute Gasteiger partial charge is 0.493 e. The van der Waals surface area contributed by atoms with Crippen molar-refractivity contribution in [2.24, 2.45) is 0 Å². The molecule has 0 fully saturated rings. The first-order valence-electron chi connectivity index (χ1n) is 7.76. The number of para-hydroxylation sites is 1. The fraction of sp³-hybridized carbons (Fsp3) is 0.158. The average Bonchev–Trinajstić information content (AvgIpc) is 2.95. The molecule has 0 atom stereocenters. The zero-order valence-electron chi connectivity index (χ0n) is 14.0. The summed E-state index contributed by atoms with van der Waals surface area (Å²) in [6.45, 7) is -0.0942. The molecule has 128 valence electrons. The van der Waals surface area contributed by atoms with Gasteiger partial charge in [-0.05, 0) is 29.8 Å². The predicted molar refractivity (Wildman–Crippen MR) is 95.5 cm³/mol. The minimum absolute atomic E-state index is 0.0942. The zero-order valence-corrected chi connectivity index (χ0v) is 14.0. The van der Waals surface area contributed by atoms with Gasteiger partial charge in [-0.1, -0.05) is 24.3 Å². The van der Waals surface area contributed by atoms with E-state index in [4.69, 9.17) is 9.47 Å². The molecule has 25 heavy (non-hydrogen) atoms. The number of benzene rings is 2. The number of fused-ring (bicyclic) bond motifs is 1. The van der Waals surface area contributed by atoms with Crippen LogP contribution in [0.3, 0.4) is 0 Å². The van der Waals surface area contributed by atoms with Gasteiger partial charge in [-0.15, -0.1) is 0 Å². The molecule has 0 saturated carbocycles. The van der Waals surface area contributed by atoms with Gasteiger partial charge in [0.1, 0.15) is 0 Å². The quantitative estimate of drug-likeness (QED) is 0.820. The Morgan fingerprint density at radius 1 is 1.20 bits per heavy atom. The van der Waals surface area contributed by atoms with E-state index in [0.717, 1.165) is 16.8 Å². The predicted octanol–water partition coefficient (Wildman–Crippen LogP) is 2.31. The molecule has 0 unspecified atom stereocenters. The summed E-state index contributed by atoms with van der Waals surface area (Å²) >= 11 is 0. The van der Waals surface area contributed by atoms with Gasteiger partial charge in [0.05, 0.1) is 7.11 Å². The second kappa shape index (κ2) is 7.09. The van der Waals surface area contributed by atoms with Crippen molar-refractivity contribution in [1.29, 1.82) is 0 Å². The third kappa shape index (κ3) is 3.47. The first-order chi connectivity index (χ1) is 12.1. The first kappa shape index (κ1) is 16.6. The van der Waals surface area contributed by atoms with Crippen LogP contribution in [0.15, 0.2) is 42.5 Å². The minimum atomic E-state index is -0.229. The number of ether oxygens (including phenoxy) is 2. The molecule has 1 heterocycles. The fourth-order valence-corrected chi connectivity index (χ4v) is 2.56. The van der Waals surface area contributed by atoms with Gasteiger partial charge in [0.15, 0.2) is 18.1 Å². The molecule has 6 nitrogen and oxygen atoms in total. The highest BCUT2D eigenvalue weighted by atomic mass is 16.5. The Morgan fingerprint density at radius 3 is 2.76 bits per heavy atom. The Morgan fingerprint density at radius 2 is 2.00 bits per heavy atom. The van der Waals surface area contributed by atoms with Crippen LogP contribution in [0.2, 0.25) is 0 Å². The van der Waals surface area contributed by atoms with Gasteiger partial charge < -0.3 is 20.1 Å².